The van der Waals surface area contributed by atoms with Crippen molar-refractivity contribution in [3.63, 3.8) is 0 Å². The summed E-state index contributed by atoms with van der Waals surface area (Å²) < 4.78 is 0. The summed E-state index contributed by atoms with van der Waals surface area (Å²) in [6, 6.07) is -5.85. The Bertz CT molecular complexity index is 778. The van der Waals surface area contributed by atoms with Crippen LogP contribution in [-0.4, -0.2) is 81.6 Å². The molecule has 0 aromatic rings. The molecule has 0 aliphatic rings. The normalized spacial score (nSPS) is 14.1. The maximum absolute atomic E-state index is 12.6. The van der Waals surface area contributed by atoms with Crippen molar-refractivity contribution in [1.82, 2.24) is 16.0 Å². The zero-order valence-corrected chi connectivity index (χ0v) is 18.4. The van der Waals surface area contributed by atoms with E-state index in [1.165, 1.54) is 0 Å². The second-order valence-electron chi connectivity index (χ2n) is 6.92. The van der Waals surface area contributed by atoms with Crippen LogP contribution in [-0.2, 0) is 33.6 Å². The van der Waals surface area contributed by atoms with Gasteiger partial charge in [0.1, 0.15) is 18.1 Å². The number of carboxylic acids is 2. The Kier molecular flexibility index (Phi) is 13.1. The number of rotatable bonds is 16. The Balaban J connectivity index is 5.53. The first-order chi connectivity index (χ1) is 15.3. The summed E-state index contributed by atoms with van der Waals surface area (Å²) in [4.78, 5) is 81.6. The van der Waals surface area contributed by atoms with Gasteiger partial charge in [-0.1, -0.05) is 0 Å². The van der Waals surface area contributed by atoms with Gasteiger partial charge in [-0.3, -0.25) is 28.8 Å². The fourth-order valence-electron chi connectivity index (χ4n) is 2.39. The third-order valence-corrected chi connectivity index (χ3v) is 4.54. The summed E-state index contributed by atoms with van der Waals surface area (Å²) >= 11 is 3.86. The van der Waals surface area contributed by atoms with Crippen LogP contribution in [0.4, 0.5) is 0 Å². The molecule has 11 N–H and O–H groups in total. The zero-order valence-electron chi connectivity index (χ0n) is 17.5. The predicted octanol–water partition coefficient (Wildman–Crippen LogP) is -4.21. The van der Waals surface area contributed by atoms with Crippen LogP contribution in [0.2, 0.25) is 0 Å². The number of primary amides is 2. The first-order valence-corrected chi connectivity index (χ1v) is 10.2. The molecule has 5 amide bonds. The minimum atomic E-state index is -1.75. The van der Waals surface area contributed by atoms with Crippen LogP contribution in [0.3, 0.4) is 0 Å². The SMILES string of the molecule is NC(=O)CCC(NC(=O)C(CC(=O)O)NC(=O)C(CCC(N)=O)NC(=O)C(N)CS)C(=O)O. The largest absolute Gasteiger partial charge is 0.481 e. The van der Waals surface area contributed by atoms with E-state index < -0.39 is 72.1 Å². The number of hydrogen-bond acceptors (Lipinski definition) is 9. The van der Waals surface area contributed by atoms with Crippen molar-refractivity contribution >= 4 is 54.1 Å². The van der Waals surface area contributed by atoms with Gasteiger partial charge in [-0.25, -0.2) is 4.79 Å². The highest BCUT2D eigenvalue weighted by atomic mass is 32.1. The Morgan fingerprint density at radius 2 is 1.15 bits per heavy atom. The first-order valence-electron chi connectivity index (χ1n) is 9.57. The zero-order chi connectivity index (χ0) is 25.7. The van der Waals surface area contributed by atoms with Crippen molar-refractivity contribution in [2.45, 2.75) is 56.3 Å². The van der Waals surface area contributed by atoms with Crippen LogP contribution < -0.4 is 33.2 Å². The molecule has 15 nitrogen and oxygen atoms in total. The van der Waals surface area contributed by atoms with E-state index in [9.17, 15) is 38.7 Å². The summed E-state index contributed by atoms with van der Waals surface area (Å²) in [5.41, 5.74) is 15.5. The van der Waals surface area contributed by atoms with Gasteiger partial charge in [-0.2, -0.15) is 12.6 Å². The maximum Gasteiger partial charge on any atom is 0.326 e. The topological polar surface area (TPSA) is 274 Å². The fraction of sp³-hybridized carbons (Fsp3) is 0.588. The molecule has 0 radical (unpaired) electrons. The molecule has 33 heavy (non-hydrogen) atoms. The van der Waals surface area contributed by atoms with Crippen molar-refractivity contribution in [2.75, 3.05) is 5.75 Å². The summed E-state index contributed by atoms with van der Waals surface area (Å²) in [7, 11) is 0. The quantitative estimate of drug-likeness (QED) is 0.0936. The number of carbonyl (C=O) groups excluding carboxylic acids is 5. The van der Waals surface area contributed by atoms with Crippen LogP contribution >= 0.6 is 12.6 Å². The molecule has 0 aliphatic carbocycles. The Labute approximate surface area is 193 Å². The van der Waals surface area contributed by atoms with Gasteiger partial charge in [0, 0.05) is 18.6 Å². The van der Waals surface area contributed by atoms with Crippen LogP contribution in [0.1, 0.15) is 32.1 Å². The van der Waals surface area contributed by atoms with E-state index in [1.807, 2.05) is 5.32 Å². The van der Waals surface area contributed by atoms with Crippen molar-refractivity contribution in [3.05, 3.63) is 0 Å². The van der Waals surface area contributed by atoms with Crippen LogP contribution in [0.5, 0.6) is 0 Å². The molecule has 0 fully saturated rings. The summed E-state index contributed by atoms with van der Waals surface area (Å²) in [6.07, 6.45) is -2.31. The van der Waals surface area contributed by atoms with Crippen molar-refractivity contribution in [3.8, 4) is 0 Å². The van der Waals surface area contributed by atoms with Gasteiger partial charge in [0.2, 0.25) is 29.5 Å². The Morgan fingerprint density at radius 3 is 1.58 bits per heavy atom. The number of nitrogens with two attached hydrogens (primary N) is 3. The highest BCUT2D eigenvalue weighted by Crippen LogP contribution is 2.04. The molecule has 4 unspecified atom stereocenters. The van der Waals surface area contributed by atoms with Gasteiger partial charge in [-0.05, 0) is 12.8 Å². The minimum Gasteiger partial charge on any atom is -0.481 e. The Morgan fingerprint density at radius 1 is 0.727 bits per heavy atom. The van der Waals surface area contributed by atoms with E-state index in [2.05, 4.69) is 23.3 Å². The highest BCUT2D eigenvalue weighted by molar-refractivity contribution is 7.80. The number of carboxylic acid groups (broad SMARTS) is 2. The van der Waals surface area contributed by atoms with Crippen molar-refractivity contribution in [2.24, 2.45) is 17.2 Å². The number of carbonyl (C=O) groups is 7. The molecular formula is C17H28N6O9S. The fourth-order valence-corrected chi connectivity index (χ4v) is 2.56. The van der Waals surface area contributed by atoms with Gasteiger partial charge in [0.25, 0.3) is 0 Å². The number of thiol groups is 1. The van der Waals surface area contributed by atoms with E-state index >= 15 is 0 Å². The predicted molar refractivity (Wildman–Crippen MR) is 114 cm³/mol. The van der Waals surface area contributed by atoms with E-state index in [0.29, 0.717) is 0 Å². The Hall–Kier alpha value is -3.40. The molecule has 186 valence electrons. The number of hydrogen-bond donors (Lipinski definition) is 9. The van der Waals surface area contributed by atoms with Gasteiger partial charge >= 0.3 is 11.9 Å². The maximum atomic E-state index is 12.6. The molecular weight excluding hydrogens is 464 g/mol. The average molecular weight is 493 g/mol. The molecule has 0 heterocycles. The summed E-state index contributed by atoms with van der Waals surface area (Å²) in [5.74, 6) is -7.71. The first kappa shape index (κ1) is 29.6. The van der Waals surface area contributed by atoms with E-state index in [1.54, 1.807) is 0 Å². The van der Waals surface area contributed by atoms with Crippen LogP contribution in [0.15, 0.2) is 0 Å². The summed E-state index contributed by atoms with van der Waals surface area (Å²) in [6.45, 7) is 0. The lowest BCUT2D eigenvalue weighted by Crippen LogP contribution is -2.57. The second-order valence-corrected chi connectivity index (χ2v) is 7.28. The van der Waals surface area contributed by atoms with E-state index in [4.69, 9.17) is 22.3 Å². The van der Waals surface area contributed by atoms with Crippen LogP contribution in [0, 0.1) is 0 Å². The molecule has 4 atom stereocenters. The third kappa shape index (κ3) is 12.3. The molecule has 0 aromatic carbocycles. The summed E-state index contributed by atoms with van der Waals surface area (Å²) in [5, 5.41) is 24.6. The van der Waals surface area contributed by atoms with Crippen molar-refractivity contribution in [1.29, 1.82) is 0 Å². The third-order valence-electron chi connectivity index (χ3n) is 4.15. The standard InChI is InChI=1S/C17H28N6O9S/c18-7(6-33)14(28)21-8(1-3-11(19)24)15(29)23-10(5-13(26)27)16(30)22-9(17(31)32)2-4-12(20)25/h7-10,33H,1-6,18H2,(H2,19,24)(H2,20,25)(H,21,28)(H,22,30)(H,23,29)(H,26,27)(H,31,32). The molecule has 16 heteroatoms. The lowest BCUT2D eigenvalue weighted by molar-refractivity contribution is -0.143. The van der Waals surface area contributed by atoms with Gasteiger partial charge in [0.15, 0.2) is 0 Å². The molecule has 0 aromatic heterocycles. The molecule has 0 rings (SSSR count). The van der Waals surface area contributed by atoms with Gasteiger partial charge < -0.3 is 43.4 Å². The molecule has 0 aliphatic heterocycles. The van der Waals surface area contributed by atoms with Gasteiger partial charge in [-0.15, -0.1) is 0 Å². The smallest absolute Gasteiger partial charge is 0.326 e. The lowest BCUT2D eigenvalue weighted by Gasteiger charge is -2.24. The van der Waals surface area contributed by atoms with Crippen LogP contribution in [0.25, 0.3) is 0 Å². The number of amides is 5. The highest BCUT2D eigenvalue weighted by Gasteiger charge is 2.31. The average Bonchev–Trinajstić information content (AvgIpc) is 2.71. The molecule has 0 saturated carbocycles. The van der Waals surface area contributed by atoms with E-state index in [0.717, 1.165) is 0 Å². The molecule has 0 saturated heterocycles. The van der Waals surface area contributed by atoms with Gasteiger partial charge in [0.05, 0.1) is 12.5 Å². The van der Waals surface area contributed by atoms with E-state index in [-0.39, 0.29) is 31.4 Å². The number of aliphatic carboxylic acids is 2. The number of nitrogens with one attached hydrogen (secondary N) is 3. The van der Waals surface area contributed by atoms with Crippen molar-refractivity contribution < 1.29 is 43.8 Å². The molecule has 0 bridgehead atoms. The monoisotopic (exact) mass is 492 g/mol. The molecule has 0 spiro atoms. The lowest BCUT2D eigenvalue weighted by atomic mass is 10.1. The minimum absolute atomic E-state index is 0.0675. The second kappa shape index (κ2) is 14.6.